The first-order chi connectivity index (χ1) is 12.7. The zero-order chi connectivity index (χ0) is 17.7. The minimum atomic E-state index is -0.234. The van der Waals surface area contributed by atoms with Gasteiger partial charge in [-0.25, -0.2) is 9.37 Å². The predicted molar refractivity (Wildman–Crippen MR) is 101 cm³/mol. The van der Waals surface area contributed by atoms with Crippen molar-refractivity contribution < 1.29 is 4.39 Å². The van der Waals surface area contributed by atoms with Gasteiger partial charge in [-0.1, -0.05) is 6.07 Å². The first-order valence-electron chi connectivity index (χ1n) is 8.83. The summed E-state index contributed by atoms with van der Waals surface area (Å²) in [5.41, 5.74) is 3.08. The molecule has 5 rings (SSSR count). The van der Waals surface area contributed by atoms with Crippen molar-refractivity contribution in [2.45, 2.75) is 18.9 Å². The molecule has 0 saturated carbocycles. The summed E-state index contributed by atoms with van der Waals surface area (Å²) in [4.78, 5) is 19.3. The van der Waals surface area contributed by atoms with Crippen LogP contribution in [0.2, 0.25) is 0 Å². The lowest BCUT2D eigenvalue weighted by atomic mass is 9.83. The van der Waals surface area contributed by atoms with Crippen molar-refractivity contribution in [1.29, 1.82) is 0 Å². The van der Waals surface area contributed by atoms with Crippen molar-refractivity contribution in [2.75, 3.05) is 18.0 Å². The Kier molecular flexibility index (Phi) is 3.67. The summed E-state index contributed by atoms with van der Waals surface area (Å²) in [6.45, 7) is 2.60. The van der Waals surface area contributed by atoms with E-state index >= 15 is 0 Å². The van der Waals surface area contributed by atoms with Crippen molar-refractivity contribution in [2.24, 2.45) is 5.92 Å². The number of thiazole rings is 1. The highest BCUT2D eigenvalue weighted by Gasteiger charge is 2.35. The van der Waals surface area contributed by atoms with Gasteiger partial charge in [0.05, 0.1) is 5.69 Å². The number of benzene rings is 1. The van der Waals surface area contributed by atoms with Gasteiger partial charge in [0.2, 0.25) is 0 Å². The molecule has 0 aliphatic carbocycles. The Bertz CT molecular complexity index is 1010. The zero-order valence-electron chi connectivity index (χ0n) is 14.1. The fourth-order valence-electron chi connectivity index (χ4n) is 4.22. The van der Waals surface area contributed by atoms with Gasteiger partial charge in [0, 0.05) is 48.3 Å². The smallest absolute Gasteiger partial charge is 0.250 e. The van der Waals surface area contributed by atoms with E-state index in [1.807, 2.05) is 16.0 Å². The van der Waals surface area contributed by atoms with E-state index in [1.165, 1.54) is 12.1 Å². The average Bonchev–Trinajstić information content (AvgIpc) is 3.13. The first kappa shape index (κ1) is 15.8. The maximum Gasteiger partial charge on any atom is 0.250 e. The number of pyridine rings is 1. The van der Waals surface area contributed by atoms with Gasteiger partial charge in [-0.2, -0.15) is 0 Å². The van der Waals surface area contributed by atoms with Crippen LogP contribution in [0.3, 0.4) is 0 Å². The number of hydrogen-bond acceptors (Lipinski definition) is 4. The topological polar surface area (TPSA) is 38.1 Å². The minimum absolute atomic E-state index is 0.110. The van der Waals surface area contributed by atoms with Crippen LogP contribution in [0.4, 0.5) is 9.52 Å². The molecule has 6 heteroatoms. The molecule has 0 spiro atoms. The van der Waals surface area contributed by atoms with Crippen LogP contribution < -0.4 is 10.5 Å². The molecule has 1 saturated heterocycles. The molecule has 26 heavy (non-hydrogen) atoms. The quantitative estimate of drug-likeness (QED) is 0.693. The van der Waals surface area contributed by atoms with Crippen LogP contribution in [0.5, 0.6) is 0 Å². The van der Waals surface area contributed by atoms with Gasteiger partial charge in [0.25, 0.3) is 5.56 Å². The molecule has 0 amide bonds. The summed E-state index contributed by atoms with van der Waals surface area (Å²) < 4.78 is 15.1. The van der Waals surface area contributed by atoms with Crippen molar-refractivity contribution in [1.82, 2.24) is 9.55 Å². The maximum atomic E-state index is 13.1. The number of aromatic nitrogens is 2. The highest BCUT2D eigenvalue weighted by atomic mass is 32.1. The van der Waals surface area contributed by atoms with E-state index in [9.17, 15) is 9.18 Å². The standard InChI is InChI=1S/C20H18FN3OS/c21-16-6-4-14(5-7-16)17-12-26-20(22-17)23-9-13-8-15(11-23)18-2-1-3-19(25)24(18)10-13/h1-7,12-13,15H,8-11H2/t13-,15+/m1/s1. The molecule has 0 unspecified atom stereocenters. The summed E-state index contributed by atoms with van der Waals surface area (Å²) in [6.07, 6.45) is 1.14. The van der Waals surface area contributed by atoms with Crippen LogP contribution in [0, 0.1) is 11.7 Å². The van der Waals surface area contributed by atoms with Gasteiger partial charge in [-0.15, -0.1) is 11.3 Å². The third-order valence-corrected chi connectivity index (χ3v) is 6.28. The van der Waals surface area contributed by atoms with Gasteiger partial charge in [-0.05, 0) is 42.7 Å². The molecule has 1 fully saturated rings. The Balaban J connectivity index is 1.43. The number of hydrogen-bond donors (Lipinski definition) is 0. The third-order valence-electron chi connectivity index (χ3n) is 5.38. The summed E-state index contributed by atoms with van der Waals surface area (Å²) in [5, 5.41) is 3.04. The van der Waals surface area contributed by atoms with Crippen LogP contribution in [0.15, 0.2) is 52.6 Å². The van der Waals surface area contributed by atoms with Crippen molar-refractivity contribution in [3.8, 4) is 11.3 Å². The monoisotopic (exact) mass is 367 g/mol. The van der Waals surface area contributed by atoms with Gasteiger partial charge >= 0.3 is 0 Å². The summed E-state index contributed by atoms with van der Waals surface area (Å²) >= 11 is 1.63. The first-order valence-corrected chi connectivity index (χ1v) is 9.71. The average molecular weight is 367 g/mol. The fourth-order valence-corrected chi connectivity index (χ4v) is 5.07. The Hall–Kier alpha value is -2.47. The number of nitrogens with zero attached hydrogens (tertiary/aromatic N) is 3. The number of halogens is 1. The molecule has 3 aromatic rings. The third kappa shape index (κ3) is 2.65. The van der Waals surface area contributed by atoms with E-state index in [0.29, 0.717) is 11.8 Å². The second kappa shape index (κ2) is 6.06. The number of rotatable bonds is 2. The van der Waals surface area contributed by atoms with Gasteiger partial charge in [-0.3, -0.25) is 4.79 Å². The lowest BCUT2D eigenvalue weighted by Crippen LogP contribution is -2.47. The number of anilines is 1. The Morgan fingerprint density at radius 3 is 2.77 bits per heavy atom. The number of fused-ring (bicyclic) bond motifs is 4. The van der Waals surface area contributed by atoms with Crippen LogP contribution in [0.25, 0.3) is 11.3 Å². The molecule has 2 aromatic heterocycles. The molecule has 2 aliphatic heterocycles. The Labute approximate surface area is 154 Å². The molecule has 0 radical (unpaired) electrons. The molecular weight excluding hydrogens is 349 g/mol. The lowest BCUT2D eigenvalue weighted by molar-refractivity contribution is 0.281. The van der Waals surface area contributed by atoms with Crippen LogP contribution in [-0.4, -0.2) is 22.6 Å². The van der Waals surface area contributed by atoms with Crippen molar-refractivity contribution in [3.05, 3.63) is 69.7 Å². The fraction of sp³-hybridized carbons (Fsp3) is 0.300. The van der Waals surface area contributed by atoms with Crippen molar-refractivity contribution in [3.63, 3.8) is 0 Å². The second-order valence-corrected chi connectivity index (χ2v) is 7.96. The summed E-state index contributed by atoms with van der Waals surface area (Å²) in [5.74, 6) is 0.607. The Morgan fingerprint density at radius 2 is 1.92 bits per heavy atom. The van der Waals surface area contributed by atoms with Crippen LogP contribution >= 0.6 is 11.3 Å². The Morgan fingerprint density at radius 1 is 1.08 bits per heavy atom. The number of piperidine rings is 1. The molecule has 4 heterocycles. The van der Waals surface area contributed by atoms with E-state index in [2.05, 4.69) is 11.0 Å². The largest absolute Gasteiger partial charge is 0.347 e. The van der Waals surface area contributed by atoms with E-state index in [0.717, 1.165) is 48.1 Å². The van der Waals surface area contributed by atoms with Gasteiger partial charge in [0.1, 0.15) is 5.82 Å². The molecule has 2 bridgehead atoms. The second-order valence-electron chi connectivity index (χ2n) is 7.13. The predicted octanol–water partition coefficient (Wildman–Crippen LogP) is 3.73. The molecule has 1 aromatic carbocycles. The van der Waals surface area contributed by atoms with E-state index in [4.69, 9.17) is 4.98 Å². The van der Waals surface area contributed by atoms with Crippen molar-refractivity contribution >= 4 is 16.5 Å². The highest BCUT2D eigenvalue weighted by Crippen LogP contribution is 2.38. The zero-order valence-corrected chi connectivity index (χ0v) is 15.0. The van der Waals surface area contributed by atoms with E-state index in [1.54, 1.807) is 29.5 Å². The SMILES string of the molecule is O=c1cccc2n1C[C@@H]1C[C@H]2CN(c2nc(-c3ccc(F)cc3)cs2)C1. The molecule has 132 valence electrons. The highest BCUT2D eigenvalue weighted by molar-refractivity contribution is 7.14. The molecule has 0 N–H and O–H groups in total. The molecule has 4 nitrogen and oxygen atoms in total. The lowest BCUT2D eigenvalue weighted by Gasteiger charge is -2.42. The summed E-state index contributed by atoms with van der Waals surface area (Å²) in [6, 6.07) is 12.1. The summed E-state index contributed by atoms with van der Waals surface area (Å²) in [7, 11) is 0. The molecular formula is C20H18FN3OS. The maximum absolute atomic E-state index is 13.1. The van der Waals surface area contributed by atoms with Gasteiger partial charge in [0.15, 0.2) is 5.13 Å². The molecule has 2 atom stereocenters. The van der Waals surface area contributed by atoms with E-state index in [-0.39, 0.29) is 11.4 Å². The minimum Gasteiger partial charge on any atom is -0.347 e. The van der Waals surface area contributed by atoms with Gasteiger partial charge < -0.3 is 9.47 Å². The van der Waals surface area contributed by atoms with E-state index < -0.39 is 0 Å². The van der Waals surface area contributed by atoms with Crippen LogP contribution in [0.1, 0.15) is 18.0 Å². The molecule has 2 aliphatic rings. The normalized spacial score (nSPS) is 21.5. The van der Waals surface area contributed by atoms with Crippen LogP contribution in [-0.2, 0) is 6.54 Å².